The summed E-state index contributed by atoms with van der Waals surface area (Å²) in [5.74, 6) is -0.775. The van der Waals surface area contributed by atoms with Crippen LogP contribution in [0.3, 0.4) is 0 Å². The second kappa shape index (κ2) is 5.23. The van der Waals surface area contributed by atoms with Gasteiger partial charge in [0.15, 0.2) is 0 Å². The molecule has 1 aromatic rings. The number of pyridine rings is 1. The number of rotatable bonds is 2. The summed E-state index contributed by atoms with van der Waals surface area (Å²) in [5, 5.41) is 2.92. The fourth-order valence-corrected chi connectivity index (χ4v) is 2.04. The molecule has 4 nitrogen and oxygen atoms in total. The standard InChI is InChI=1S/C12H16FN3O/c13-11-6-1-8(7-15-11)12(17)16-10-4-2-9(14)3-5-10/h1,6-7,9-10H,2-5,14H2,(H,16,17). The summed E-state index contributed by atoms with van der Waals surface area (Å²) in [4.78, 5) is 15.3. The van der Waals surface area contributed by atoms with Crippen molar-refractivity contribution in [3.05, 3.63) is 29.8 Å². The van der Waals surface area contributed by atoms with E-state index in [0.717, 1.165) is 25.7 Å². The van der Waals surface area contributed by atoms with Crippen LogP contribution in [-0.4, -0.2) is 23.0 Å². The molecule has 1 fully saturated rings. The van der Waals surface area contributed by atoms with Crippen LogP contribution in [0.4, 0.5) is 4.39 Å². The summed E-state index contributed by atoms with van der Waals surface area (Å²) < 4.78 is 12.6. The maximum atomic E-state index is 12.6. The van der Waals surface area contributed by atoms with E-state index in [2.05, 4.69) is 10.3 Å². The number of hydrogen-bond donors (Lipinski definition) is 2. The molecular formula is C12H16FN3O. The number of nitrogens with two attached hydrogens (primary N) is 1. The van der Waals surface area contributed by atoms with Crippen LogP contribution in [0.1, 0.15) is 36.0 Å². The maximum Gasteiger partial charge on any atom is 0.253 e. The van der Waals surface area contributed by atoms with Gasteiger partial charge in [0.25, 0.3) is 5.91 Å². The quantitative estimate of drug-likeness (QED) is 0.760. The second-order valence-corrected chi connectivity index (χ2v) is 4.45. The largest absolute Gasteiger partial charge is 0.349 e. The topological polar surface area (TPSA) is 68.0 Å². The molecule has 17 heavy (non-hydrogen) atoms. The van der Waals surface area contributed by atoms with Gasteiger partial charge < -0.3 is 11.1 Å². The smallest absolute Gasteiger partial charge is 0.253 e. The van der Waals surface area contributed by atoms with E-state index in [9.17, 15) is 9.18 Å². The molecule has 0 aliphatic heterocycles. The van der Waals surface area contributed by atoms with E-state index < -0.39 is 5.95 Å². The predicted molar refractivity (Wildman–Crippen MR) is 61.9 cm³/mol. The highest BCUT2D eigenvalue weighted by atomic mass is 19.1. The van der Waals surface area contributed by atoms with Crippen molar-refractivity contribution in [3.8, 4) is 0 Å². The van der Waals surface area contributed by atoms with Crippen LogP contribution >= 0.6 is 0 Å². The lowest BCUT2D eigenvalue weighted by atomic mass is 9.92. The number of carbonyl (C=O) groups excluding carboxylic acids is 1. The van der Waals surface area contributed by atoms with Crippen molar-refractivity contribution in [3.63, 3.8) is 0 Å². The van der Waals surface area contributed by atoms with Gasteiger partial charge >= 0.3 is 0 Å². The van der Waals surface area contributed by atoms with Crippen molar-refractivity contribution in [1.82, 2.24) is 10.3 Å². The van der Waals surface area contributed by atoms with Crippen LogP contribution in [0.5, 0.6) is 0 Å². The van der Waals surface area contributed by atoms with Crippen molar-refractivity contribution in [1.29, 1.82) is 0 Å². The molecule has 92 valence electrons. The molecule has 5 heteroatoms. The SMILES string of the molecule is NC1CCC(NC(=O)c2ccc(F)nc2)CC1. The van der Waals surface area contributed by atoms with E-state index in [-0.39, 0.29) is 18.0 Å². The lowest BCUT2D eigenvalue weighted by Gasteiger charge is -2.26. The monoisotopic (exact) mass is 237 g/mol. The van der Waals surface area contributed by atoms with Gasteiger partial charge in [-0.3, -0.25) is 4.79 Å². The van der Waals surface area contributed by atoms with Crippen LogP contribution in [-0.2, 0) is 0 Å². The number of carbonyl (C=O) groups is 1. The van der Waals surface area contributed by atoms with Crippen molar-refractivity contribution in [2.45, 2.75) is 37.8 Å². The summed E-state index contributed by atoms with van der Waals surface area (Å²) in [5.41, 5.74) is 6.18. The predicted octanol–water partition coefficient (Wildman–Crippen LogP) is 1.22. The Balaban J connectivity index is 1.91. The summed E-state index contributed by atoms with van der Waals surface area (Å²) in [6.07, 6.45) is 4.93. The number of nitrogens with one attached hydrogen (secondary N) is 1. The Morgan fingerprint density at radius 2 is 2.06 bits per heavy atom. The Morgan fingerprint density at radius 3 is 2.65 bits per heavy atom. The number of nitrogens with zero attached hydrogens (tertiary/aromatic N) is 1. The van der Waals surface area contributed by atoms with Gasteiger partial charge in [0.2, 0.25) is 5.95 Å². The molecule has 3 N–H and O–H groups in total. The van der Waals surface area contributed by atoms with Gasteiger partial charge in [0.05, 0.1) is 5.56 Å². The second-order valence-electron chi connectivity index (χ2n) is 4.45. The van der Waals surface area contributed by atoms with Gasteiger partial charge in [0.1, 0.15) is 0 Å². The zero-order valence-electron chi connectivity index (χ0n) is 9.53. The minimum Gasteiger partial charge on any atom is -0.349 e. The number of hydrogen-bond acceptors (Lipinski definition) is 3. The summed E-state index contributed by atoms with van der Waals surface area (Å²) in [6.45, 7) is 0. The van der Waals surface area contributed by atoms with Crippen LogP contribution in [0.25, 0.3) is 0 Å². The molecule has 0 radical (unpaired) electrons. The third-order valence-corrected chi connectivity index (χ3v) is 3.10. The molecular weight excluding hydrogens is 221 g/mol. The minimum atomic E-state index is -0.579. The molecule has 0 aromatic carbocycles. The maximum absolute atomic E-state index is 12.6. The molecule has 1 heterocycles. The lowest BCUT2D eigenvalue weighted by Crippen LogP contribution is -2.40. The van der Waals surface area contributed by atoms with Crippen molar-refractivity contribution in [2.24, 2.45) is 5.73 Å². The first-order valence-corrected chi connectivity index (χ1v) is 5.83. The molecule has 1 aliphatic rings. The molecule has 0 spiro atoms. The molecule has 1 aliphatic carbocycles. The Hall–Kier alpha value is -1.49. The number of amides is 1. The third-order valence-electron chi connectivity index (χ3n) is 3.10. The molecule has 0 saturated heterocycles. The number of halogens is 1. The van der Waals surface area contributed by atoms with E-state index in [1.807, 2.05) is 0 Å². The third kappa shape index (κ3) is 3.23. The molecule has 1 aromatic heterocycles. The molecule has 0 bridgehead atoms. The lowest BCUT2D eigenvalue weighted by molar-refractivity contribution is 0.0925. The first kappa shape index (κ1) is 12.0. The van der Waals surface area contributed by atoms with Gasteiger partial charge in [0, 0.05) is 18.3 Å². The van der Waals surface area contributed by atoms with Crippen molar-refractivity contribution >= 4 is 5.91 Å². The average molecular weight is 237 g/mol. The van der Waals surface area contributed by atoms with Gasteiger partial charge in [-0.2, -0.15) is 4.39 Å². The van der Waals surface area contributed by atoms with Crippen LogP contribution < -0.4 is 11.1 Å². The van der Waals surface area contributed by atoms with Crippen LogP contribution in [0, 0.1) is 5.95 Å². The first-order chi connectivity index (χ1) is 8.15. The average Bonchev–Trinajstić information content (AvgIpc) is 2.33. The first-order valence-electron chi connectivity index (χ1n) is 5.83. The van der Waals surface area contributed by atoms with E-state index in [0.29, 0.717) is 5.56 Å². The molecule has 0 atom stereocenters. The Kier molecular flexibility index (Phi) is 3.68. The normalized spacial score (nSPS) is 24.4. The summed E-state index contributed by atoms with van der Waals surface area (Å²) in [6, 6.07) is 3.06. The highest BCUT2D eigenvalue weighted by Crippen LogP contribution is 2.17. The van der Waals surface area contributed by atoms with E-state index >= 15 is 0 Å². The molecule has 1 saturated carbocycles. The Bertz CT molecular complexity index is 385. The van der Waals surface area contributed by atoms with E-state index in [1.165, 1.54) is 18.3 Å². The molecule has 0 unspecified atom stereocenters. The number of aromatic nitrogens is 1. The van der Waals surface area contributed by atoms with E-state index in [4.69, 9.17) is 5.73 Å². The van der Waals surface area contributed by atoms with Gasteiger partial charge in [-0.1, -0.05) is 0 Å². The van der Waals surface area contributed by atoms with Gasteiger partial charge in [-0.05, 0) is 37.8 Å². The molecule has 1 amide bonds. The van der Waals surface area contributed by atoms with Crippen LogP contribution in [0.2, 0.25) is 0 Å². The minimum absolute atomic E-state index is 0.173. The zero-order chi connectivity index (χ0) is 12.3. The summed E-state index contributed by atoms with van der Waals surface area (Å²) >= 11 is 0. The van der Waals surface area contributed by atoms with Crippen molar-refractivity contribution in [2.75, 3.05) is 0 Å². The van der Waals surface area contributed by atoms with E-state index in [1.54, 1.807) is 0 Å². The van der Waals surface area contributed by atoms with Crippen molar-refractivity contribution < 1.29 is 9.18 Å². The van der Waals surface area contributed by atoms with Crippen LogP contribution in [0.15, 0.2) is 18.3 Å². The fourth-order valence-electron chi connectivity index (χ4n) is 2.04. The summed E-state index contributed by atoms with van der Waals surface area (Å²) in [7, 11) is 0. The highest BCUT2D eigenvalue weighted by Gasteiger charge is 2.20. The Morgan fingerprint density at radius 1 is 1.35 bits per heavy atom. The molecule has 2 rings (SSSR count). The fraction of sp³-hybridized carbons (Fsp3) is 0.500. The van der Waals surface area contributed by atoms with Gasteiger partial charge in [-0.25, -0.2) is 4.98 Å². The highest BCUT2D eigenvalue weighted by molar-refractivity contribution is 5.94. The Labute approximate surface area is 99.4 Å². The van der Waals surface area contributed by atoms with Gasteiger partial charge in [-0.15, -0.1) is 0 Å². The zero-order valence-corrected chi connectivity index (χ0v) is 9.53.